The summed E-state index contributed by atoms with van der Waals surface area (Å²) in [7, 11) is 0. The van der Waals surface area contributed by atoms with Crippen LogP contribution in [0.1, 0.15) is 19.0 Å². The van der Waals surface area contributed by atoms with E-state index in [9.17, 15) is 18.0 Å². The lowest BCUT2D eigenvalue weighted by Crippen LogP contribution is -2.53. The van der Waals surface area contributed by atoms with Gasteiger partial charge in [-0.2, -0.15) is 18.2 Å². The number of rotatable bonds is 4. The molecule has 4 rings (SSSR count). The molecule has 1 N–H and O–H groups in total. The highest BCUT2D eigenvalue weighted by atomic mass is 35.5. The molecule has 172 valence electrons. The van der Waals surface area contributed by atoms with Gasteiger partial charge >= 0.3 is 6.18 Å². The number of halogens is 4. The fraction of sp³-hybridized carbons (Fsp3) is 0.737. The molecule has 0 spiro atoms. The predicted octanol–water partition coefficient (Wildman–Crippen LogP) is 1.30. The minimum absolute atomic E-state index is 0.0711. The largest absolute Gasteiger partial charge is 0.435 e. The van der Waals surface area contributed by atoms with E-state index in [0.717, 1.165) is 19.5 Å². The van der Waals surface area contributed by atoms with Crippen LogP contribution in [-0.2, 0) is 11.0 Å². The van der Waals surface area contributed by atoms with Gasteiger partial charge in [0.15, 0.2) is 11.5 Å². The minimum Gasteiger partial charge on any atom is -0.353 e. The second kappa shape index (κ2) is 8.95. The third kappa shape index (κ3) is 4.83. The molecule has 1 atom stereocenters. The molecular formula is C19H27ClF3N7O. The van der Waals surface area contributed by atoms with E-state index in [1.807, 2.05) is 16.7 Å². The molecule has 0 aromatic carbocycles. The molecule has 3 aliphatic rings. The monoisotopic (exact) mass is 461 g/mol. The van der Waals surface area contributed by atoms with Crippen molar-refractivity contribution in [3.63, 3.8) is 0 Å². The summed E-state index contributed by atoms with van der Waals surface area (Å²) in [5.74, 6) is 0.274. The number of carbonyl (C=O) groups is 1. The lowest BCUT2D eigenvalue weighted by molar-refractivity contribution is -0.141. The van der Waals surface area contributed by atoms with Gasteiger partial charge in [-0.3, -0.25) is 9.69 Å². The van der Waals surface area contributed by atoms with Gasteiger partial charge in [0.2, 0.25) is 11.9 Å². The zero-order valence-corrected chi connectivity index (χ0v) is 18.2. The van der Waals surface area contributed by atoms with Crippen LogP contribution in [0.5, 0.6) is 0 Å². The van der Waals surface area contributed by atoms with Crippen LogP contribution in [0.2, 0.25) is 5.02 Å². The van der Waals surface area contributed by atoms with Gasteiger partial charge in [0.25, 0.3) is 0 Å². The Bertz CT molecular complexity index is 810. The molecule has 0 aliphatic carbocycles. The smallest absolute Gasteiger partial charge is 0.353 e. The Morgan fingerprint density at radius 2 is 1.77 bits per heavy atom. The number of hydrogen-bond donors (Lipinski definition) is 1. The van der Waals surface area contributed by atoms with Crippen LogP contribution in [0.4, 0.5) is 24.9 Å². The molecule has 0 unspecified atom stereocenters. The highest BCUT2D eigenvalue weighted by Crippen LogP contribution is 2.40. The van der Waals surface area contributed by atoms with Crippen molar-refractivity contribution >= 4 is 29.3 Å². The van der Waals surface area contributed by atoms with Crippen molar-refractivity contribution in [2.24, 2.45) is 0 Å². The minimum atomic E-state index is -4.66. The number of amides is 1. The molecule has 0 radical (unpaired) electrons. The topological polar surface area (TPSA) is 67.8 Å². The third-order valence-electron chi connectivity index (χ3n) is 6.17. The lowest BCUT2D eigenvalue weighted by atomic mass is 10.1. The van der Waals surface area contributed by atoms with Gasteiger partial charge in [0.1, 0.15) is 5.02 Å². The van der Waals surface area contributed by atoms with E-state index in [1.165, 1.54) is 0 Å². The van der Waals surface area contributed by atoms with E-state index in [-0.39, 0.29) is 23.7 Å². The Labute approximate surface area is 184 Å². The van der Waals surface area contributed by atoms with Crippen molar-refractivity contribution in [1.82, 2.24) is 25.1 Å². The number of nitrogens with one attached hydrogen (secondary N) is 1. The van der Waals surface area contributed by atoms with Crippen LogP contribution >= 0.6 is 11.6 Å². The van der Waals surface area contributed by atoms with Crippen LogP contribution in [0, 0.1) is 0 Å². The first-order valence-corrected chi connectivity index (χ1v) is 11.0. The summed E-state index contributed by atoms with van der Waals surface area (Å²) >= 11 is 6.14. The highest BCUT2D eigenvalue weighted by Gasteiger charge is 2.40. The van der Waals surface area contributed by atoms with Crippen molar-refractivity contribution in [2.75, 3.05) is 75.2 Å². The molecular weight excluding hydrogens is 435 g/mol. The van der Waals surface area contributed by atoms with Crippen molar-refractivity contribution in [2.45, 2.75) is 25.6 Å². The molecule has 0 saturated carbocycles. The van der Waals surface area contributed by atoms with Crippen LogP contribution in [0.3, 0.4) is 0 Å². The number of alkyl halides is 3. The summed E-state index contributed by atoms with van der Waals surface area (Å²) in [5, 5.41) is 2.76. The molecule has 1 aromatic rings. The second-order valence-corrected chi connectivity index (χ2v) is 8.61. The van der Waals surface area contributed by atoms with Crippen LogP contribution in [-0.4, -0.2) is 97.2 Å². The van der Waals surface area contributed by atoms with Gasteiger partial charge in [-0.05, 0) is 13.3 Å². The van der Waals surface area contributed by atoms with Gasteiger partial charge in [0.05, 0.1) is 6.54 Å². The number of nitrogens with zero attached hydrogens (tertiary/aromatic N) is 6. The van der Waals surface area contributed by atoms with Gasteiger partial charge in [0, 0.05) is 64.9 Å². The summed E-state index contributed by atoms with van der Waals surface area (Å²) < 4.78 is 40.7. The predicted molar refractivity (Wildman–Crippen MR) is 112 cm³/mol. The van der Waals surface area contributed by atoms with E-state index in [2.05, 4.69) is 15.3 Å². The molecule has 0 bridgehead atoms. The van der Waals surface area contributed by atoms with Crippen molar-refractivity contribution in [1.29, 1.82) is 0 Å². The number of piperazine rings is 2. The zero-order valence-electron chi connectivity index (χ0n) is 17.5. The molecule has 8 nitrogen and oxygen atoms in total. The first-order chi connectivity index (χ1) is 14.7. The number of hydrogen-bond acceptors (Lipinski definition) is 7. The maximum absolute atomic E-state index is 13.6. The Morgan fingerprint density at radius 1 is 1.10 bits per heavy atom. The van der Waals surface area contributed by atoms with E-state index >= 15 is 0 Å². The first kappa shape index (κ1) is 22.3. The van der Waals surface area contributed by atoms with Crippen LogP contribution < -0.4 is 15.1 Å². The summed E-state index contributed by atoms with van der Waals surface area (Å²) in [4.78, 5) is 28.0. The summed E-state index contributed by atoms with van der Waals surface area (Å²) in [6, 6.07) is 0.1000. The van der Waals surface area contributed by atoms with Crippen molar-refractivity contribution in [3.05, 3.63) is 10.7 Å². The lowest BCUT2D eigenvalue weighted by Gasteiger charge is -2.40. The molecule has 3 saturated heterocycles. The fourth-order valence-corrected chi connectivity index (χ4v) is 4.40. The molecule has 1 aromatic heterocycles. The van der Waals surface area contributed by atoms with E-state index in [0.29, 0.717) is 52.4 Å². The van der Waals surface area contributed by atoms with E-state index in [4.69, 9.17) is 11.6 Å². The van der Waals surface area contributed by atoms with Crippen molar-refractivity contribution in [3.8, 4) is 0 Å². The number of anilines is 2. The summed E-state index contributed by atoms with van der Waals surface area (Å²) in [5.41, 5.74) is -1.09. The maximum Gasteiger partial charge on any atom is 0.435 e. The van der Waals surface area contributed by atoms with Gasteiger partial charge in [-0.15, -0.1) is 0 Å². The molecule has 4 heterocycles. The average molecular weight is 462 g/mol. The normalized spacial score (nSPS) is 23.1. The van der Waals surface area contributed by atoms with Gasteiger partial charge < -0.3 is 20.0 Å². The fourth-order valence-electron chi connectivity index (χ4n) is 4.09. The Hall–Kier alpha value is -1.85. The number of carbonyl (C=O) groups excluding carboxylic acids is 1. The van der Waals surface area contributed by atoms with Crippen LogP contribution in [0.25, 0.3) is 0 Å². The van der Waals surface area contributed by atoms with Crippen molar-refractivity contribution < 1.29 is 18.0 Å². The Morgan fingerprint density at radius 3 is 2.32 bits per heavy atom. The highest BCUT2D eigenvalue weighted by molar-refractivity contribution is 6.33. The van der Waals surface area contributed by atoms with Crippen LogP contribution in [0.15, 0.2) is 0 Å². The summed E-state index contributed by atoms with van der Waals surface area (Å²) in [6.45, 7) is 7.86. The Balaban J connectivity index is 1.46. The molecule has 3 aliphatic heterocycles. The Kier molecular flexibility index (Phi) is 6.45. The molecule has 31 heavy (non-hydrogen) atoms. The van der Waals surface area contributed by atoms with Gasteiger partial charge in [-0.25, -0.2) is 4.98 Å². The first-order valence-electron chi connectivity index (χ1n) is 10.6. The van der Waals surface area contributed by atoms with E-state index < -0.39 is 16.9 Å². The maximum atomic E-state index is 13.6. The summed E-state index contributed by atoms with van der Waals surface area (Å²) in [6.07, 6.45) is -3.77. The second-order valence-electron chi connectivity index (χ2n) is 8.23. The molecule has 3 fully saturated rings. The third-order valence-corrected chi connectivity index (χ3v) is 6.52. The molecule has 1 amide bonds. The quantitative estimate of drug-likeness (QED) is 0.725. The van der Waals surface area contributed by atoms with Gasteiger partial charge in [-0.1, -0.05) is 11.6 Å². The zero-order chi connectivity index (χ0) is 22.2. The SMILES string of the molecule is C[C@H]1CCN1c1nc(N2CCN(CC(=O)N3CCNCC3)CC2)c(Cl)c(C(F)(F)F)n1. The standard InChI is InChI=1S/C19H27ClF3N7O/c1-13-2-5-30(13)18-25-16(19(21,22)23)15(20)17(26-18)29-10-8-27(9-11-29)12-14(31)28-6-3-24-4-7-28/h13,24H,2-12H2,1H3/t13-/m0/s1. The number of aromatic nitrogens is 2. The molecule has 12 heteroatoms. The van der Waals surface area contributed by atoms with E-state index in [1.54, 1.807) is 9.80 Å². The average Bonchev–Trinajstić information content (AvgIpc) is 2.74.